The van der Waals surface area contributed by atoms with E-state index in [1.807, 2.05) is 43.1 Å². The Morgan fingerprint density at radius 1 is 1.00 bits per heavy atom. The zero-order chi connectivity index (χ0) is 19.0. The maximum Gasteiger partial charge on any atom is 0.187 e. The summed E-state index contributed by atoms with van der Waals surface area (Å²) >= 11 is 1.59. The van der Waals surface area contributed by atoms with Gasteiger partial charge in [0.05, 0.1) is 17.7 Å². The third kappa shape index (κ3) is 3.44. The van der Waals surface area contributed by atoms with Gasteiger partial charge in [-0.3, -0.25) is 0 Å². The minimum absolute atomic E-state index is 0.811. The molecule has 6 heteroatoms. The number of nitrogens with one attached hydrogen (secondary N) is 1. The van der Waals surface area contributed by atoms with Crippen molar-refractivity contribution in [3.8, 4) is 16.9 Å². The SMILES string of the molecule is Cc1cn(-c2ccc(-c3csc(Nc4ccc(N)c(C)c4C)n3)cc2)cn1. The molecule has 4 rings (SSSR count). The monoisotopic (exact) mass is 375 g/mol. The number of thiazole rings is 1. The molecule has 0 aliphatic heterocycles. The van der Waals surface area contributed by atoms with Gasteiger partial charge in [-0.2, -0.15) is 0 Å². The number of aryl methyl sites for hydroxylation is 1. The number of rotatable bonds is 4. The normalized spacial score (nSPS) is 10.9. The standard InChI is InChI=1S/C21H21N5S/c1-13-10-26(12-23-13)17-6-4-16(5-7-17)20-11-27-21(25-20)24-19-9-8-18(22)14(2)15(19)3/h4-12H,22H2,1-3H3,(H,24,25). The third-order valence-corrected chi connectivity index (χ3v) is 5.51. The molecular weight excluding hydrogens is 354 g/mol. The summed E-state index contributed by atoms with van der Waals surface area (Å²) in [6.45, 7) is 6.09. The predicted octanol–water partition coefficient (Wildman–Crippen LogP) is 5.25. The van der Waals surface area contributed by atoms with E-state index in [2.05, 4.69) is 46.9 Å². The summed E-state index contributed by atoms with van der Waals surface area (Å²) in [6, 6.07) is 12.3. The van der Waals surface area contributed by atoms with Crippen molar-refractivity contribution in [3.05, 3.63) is 71.1 Å². The molecule has 0 atom stereocenters. The van der Waals surface area contributed by atoms with E-state index < -0.39 is 0 Å². The van der Waals surface area contributed by atoms with E-state index in [1.165, 1.54) is 0 Å². The number of nitrogen functional groups attached to an aromatic ring is 1. The van der Waals surface area contributed by atoms with E-state index >= 15 is 0 Å². The maximum absolute atomic E-state index is 5.97. The second-order valence-electron chi connectivity index (χ2n) is 6.58. The van der Waals surface area contributed by atoms with Gasteiger partial charge >= 0.3 is 0 Å². The number of anilines is 3. The number of nitrogens with zero attached hydrogens (tertiary/aromatic N) is 3. The van der Waals surface area contributed by atoms with Gasteiger partial charge in [0, 0.05) is 34.2 Å². The Hall–Kier alpha value is -3.12. The van der Waals surface area contributed by atoms with Gasteiger partial charge in [-0.15, -0.1) is 11.3 Å². The molecule has 2 aromatic heterocycles. The molecular formula is C21H21N5S. The number of imidazole rings is 1. The molecule has 2 aromatic carbocycles. The Morgan fingerprint density at radius 2 is 1.78 bits per heavy atom. The van der Waals surface area contributed by atoms with Crippen LogP contribution in [-0.2, 0) is 0 Å². The highest BCUT2D eigenvalue weighted by atomic mass is 32.1. The first kappa shape index (κ1) is 17.3. The quantitative estimate of drug-likeness (QED) is 0.478. The topological polar surface area (TPSA) is 68.8 Å². The second kappa shape index (κ2) is 6.89. The lowest BCUT2D eigenvalue weighted by Crippen LogP contribution is -1.98. The summed E-state index contributed by atoms with van der Waals surface area (Å²) in [6.07, 6.45) is 3.84. The molecule has 0 radical (unpaired) electrons. The van der Waals surface area contributed by atoms with E-state index in [-0.39, 0.29) is 0 Å². The molecule has 3 N–H and O–H groups in total. The molecule has 0 bridgehead atoms. The van der Waals surface area contributed by atoms with Gasteiger partial charge in [-0.05, 0) is 56.2 Å². The average Bonchev–Trinajstić information content (AvgIpc) is 3.32. The Balaban J connectivity index is 1.55. The van der Waals surface area contributed by atoms with E-state index in [9.17, 15) is 0 Å². The van der Waals surface area contributed by atoms with Crippen LogP contribution in [-0.4, -0.2) is 14.5 Å². The lowest BCUT2D eigenvalue weighted by Gasteiger charge is -2.11. The Kier molecular flexibility index (Phi) is 4.41. The van der Waals surface area contributed by atoms with Crippen LogP contribution >= 0.6 is 11.3 Å². The minimum atomic E-state index is 0.811. The van der Waals surface area contributed by atoms with Crippen molar-refractivity contribution in [2.45, 2.75) is 20.8 Å². The Bertz CT molecular complexity index is 1090. The molecule has 0 aliphatic rings. The first-order valence-corrected chi connectivity index (χ1v) is 9.59. The highest BCUT2D eigenvalue weighted by Crippen LogP contribution is 2.30. The molecule has 0 amide bonds. The van der Waals surface area contributed by atoms with Crippen molar-refractivity contribution in [3.63, 3.8) is 0 Å². The van der Waals surface area contributed by atoms with Crippen molar-refractivity contribution in [2.24, 2.45) is 0 Å². The van der Waals surface area contributed by atoms with Crippen LogP contribution < -0.4 is 11.1 Å². The molecule has 0 aliphatic carbocycles. The highest BCUT2D eigenvalue weighted by Gasteiger charge is 2.09. The van der Waals surface area contributed by atoms with Crippen LogP contribution in [0, 0.1) is 20.8 Å². The van der Waals surface area contributed by atoms with Gasteiger partial charge in [-0.1, -0.05) is 12.1 Å². The van der Waals surface area contributed by atoms with Gasteiger partial charge in [0.2, 0.25) is 0 Å². The first-order chi connectivity index (χ1) is 13.0. The molecule has 0 fully saturated rings. The molecule has 4 aromatic rings. The smallest absolute Gasteiger partial charge is 0.187 e. The molecule has 0 unspecified atom stereocenters. The van der Waals surface area contributed by atoms with Crippen molar-refractivity contribution in [1.29, 1.82) is 0 Å². The average molecular weight is 376 g/mol. The highest BCUT2D eigenvalue weighted by molar-refractivity contribution is 7.14. The van der Waals surface area contributed by atoms with E-state index in [1.54, 1.807) is 11.3 Å². The van der Waals surface area contributed by atoms with E-state index in [0.29, 0.717) is 0 Å². The number of benzene rings is 2. The fourth-order valence-corrected chi connectivity index (χ4v) is 3.65. The minimum Gasteiger partial charge on any atom is -0.399 e. The van der Waals surface area contributed by atoms with Crippen LogP contribution in [0.15, 0.2) is 54.3 Å². The predicted molar refractivity (Wildman–Crippen MR) is 113 cm³/mol. The summed E-state index contributed by atoms with van der Waals surface area (Å²) in [4.78, 5) is 9.00. The van der Waals surface area contributed by atoms with Crippen LogP contribution in [0.1, 0.15) is 16.8 Å². The Morgan fingerprint density at radius 3 is 2.48 bits per heavy atom. The van der Waals surface area contributed by atoms with Crippen LogP contribution in [0.4, 0.5) is 16.5 Å². The van der Waals surface area contributed by atoms with Crippen LogP contribution in [0.5, 0.6) is 0 Å². The van der Waals surface area contributed by atoms with Crippen LogP contribution in [0.3, 0.4) is 0 Å². The first-order valence-electron chi connectivity index (χ1n) is 8.71. The zero-order valence-electron chi connectivity index (χ0n) is 15.5. The van der Waals surface area contributed by atoms with Gasteiger partial charge < -0.3 is 15.6 Å². The van der Waals surface area contributed by atoms with Gasteiger partial charge in [0.25, 0.3) is 0 Å². The Labute approximate surface area is 162 Å². The van der Waals surface area contributed by atoms with Crippen molar-refractivity contribution >= 4 is 27.8 Å². The van der Waals surface area contributed by atoms with Gasteiger partial charge in [0.15, 0.2) is 5.13 Å². The van der Waals surface area contributed by atoms with E-state index in [4.69, 9.17) is 10.7 Å². The fraction of sp³-hybridized carbons (Fsp3) is 0.143. The molecule has 0 spiro atoms. The number of hydrogen-bond donors (Lipinski definition) is 2. The van der Waals surface area contributed by atoms with Crippen molar-refractivity contribution in [2.75, 3.05) is 11.1 Å². The maximum atomic E-state index is 5.97. The third-order valence-electron chi connectivity index (χ3n) is 4.75. The molecule has 0 saturated heterocycles. The van der Waals surface area contributed by atoms with Gasteiger partial charge in [0.1, 0.15) is 0 Å². The molecule has 136 valence electrons. The molecule has 27 heavy (non-hydrogen) atoms. The van der Waals surface area contributed by atoms with Crippen LogP contribution in [0.25, 0.3) is 16.9 Å². The summed E-state index contributed by atoms with van der Waals surface area (Å²) in [7, 11) is 0. The molecule has 5 nitrogen and oxygen atoms in total. The number of aromatic nitrogens is 3. The summed E-state index contributed by atoms with van der Waals surface area (Å²) in [5.74, 6) is 0. The lowest BCUT2D eigenvalue weighted by atomic mass is 10.1. The summed E-state index contributed by atoms with van der Waals surface area (Å²) < 4.78 is 2.01. The molecule has 0 saturated carbocycles. The summed E-state index contributed by atoms with van der Waals surface area (Å²) in [5.41, 5.74) is 14.2. The summed E-state index contributed by atoms with van der Waals surface area (Å²) in [5, 5.41) is 6.34. The second-order valence-corrected chi connectivity index (χ2v) is 7.44. The molecule has 2 heterocycles. The number of nitrogens with two attached hydrogens (primary N) is 1. The largest absolute Gasteiger partial charge is 0.399 e. The van der Waals surface area contributed by atoms with E-state index in [0.717, 1.165) is 50.3 Å². The zero-order valence-corrected chi connectivity index (χ0v) is 16.3. The van der Waals surface area contributed by atoms with Gasteiger partial charge in [-0.25, -0.2) is 9.97 Å². The fourth-order valence-electron chi connectivity index (χ4n) is 2.92. The van der Waals surface area contributed by atoms with Crippen molar-refractivity contribution in [1.82, 2.24) is 14.5 Å². The van der Waals surface area contributed by atoms with Crippen LogP contribution in [0.2, 0.25) is 0 Å². The number of hydrogen-bond acceptors (Lipinski definition) is 5. The lowest BCUT2D eigenvalue weighted by molar-refractivity contribution is 1.06. The van der Waals surface area contributed by atoms with Crippen molar-refractivity contribution < 1.29 is 0 Å².